The average molecular weight is 208 g/mol. The van der Waals surface area contributed by atoms with Gasteiger partial charge in [0.2, 0.25) is 0 Å². The molecule has 0 saturated carbocycles. The Balaban J connectivity index is 2.44. The largest absolute Gasteiger partial charge is 0.497 e. The van der Waals surface area contributed by atoms with Crippen LogP contribution in [0.1, 0.15) is 26.3 Å². The van der Waals surface area contributed by atoms with Gasteiger partial charge in [-0.25, -0.2) is 0 Å². The lowest BCUT2D eigenvalue weighted by molar-refractivity contribution is -0.000983. The lowest BCUT2D eigenvalue weighted by atomic mass is 10.1. The first-order valence-electron chi connectivity index (χ1n) is 5.28. The third-order valence-electron chi connectivity index (χ3n) is 2.06. The van der Waals surface area contributed by atoms with E-state index in [0.717, 1.165) is 18.8 Å². The highest BCUT2D eigenvalue weighted by atomic mass is 16.5. The molecule has 0 amide bonds. The molecule has 0 atom stereocenters. The standard InChI is InChI=1S/C13H20O2/c1-13(2,3)15-9-8-11-6-5-7-12(10-11)14-4/h5-7,10H,8-9H2,1-4H3. The summed E-state index contributed by atoms with van der Waals surface area (Å²) < 4.78 is 10.8. The molecule has 0 aliphatic heterocycles. The highest BCUT2D eigenvalue weighted by Gasteiger charge is 2.09. The van der Waals surface area contributed by atoms with Crippen LogP contribution in [0.4, 0.5) is 0 Å². The lowest BCUT2D eigenvalue weighted by Crippen LogP contribution is -2.20. The molecule has 0 heterocycles. The second kappa shape index (κ2) is 5.17. The van der Waals surface area contributed by atoms with Crippen LogP contribution in [0, 0.1) is 0 Å². The molecule has 0 unspecified atom stereocenters. The van der Waals surface area contributed by atoms with Crippen molar-refractivity contribution in [2.75, 3.05) is 13.7 Å². The van der Waals surface area contributed by atoms with Gasteiger partial charge in [0.05, 0.1) is 19.3 Å². The molecule has 0 saturated heterocycles. The number of hydrogen-bond donors (Lipinski definition) is 0. The molecule has 2 nitrogen and oxygen atoms in total. The molecular formula is C13H20O2. The second-order valence-electron chi connectivity index (χ2n) is 4.56. The Hall–Kier alpha value is -1.02. The van der Waals surface area contributed by atoms with Crippen molar-refractivity contribution in [3.63, 3.8) is 0 Å². The maximum Gasteiger partial charge on any atom is 0.119 e. The smallest absolute Gasteiger partial charge is 0.119 e. The molecule has 1 aromatic rings. The Bertz CT molecular complexity index is 300. The fourth-order valence-electron chi connectivity index (χ4n) is 1.30. The van der Waals surface area contributed by atoms with Crippen LogP contribution >= 0.6 is 0 Å². The molecule has 0 aliphatic rings. The van der Waals surface area contributed by atoms with E-state index in [-0.39, 0.29) is 5.60 Å². The minimum atomic E-state index is -0.0567. The fraction of sp³-hybridized carbons (Fsp3) is 0.538. The number of hydrogen-bond acceptors (Lipinski definition) is 2. The number of ether oxygens (including phenoxy) is 2. The molecule has 0 aromatic heterocycles. The predicted molar refractivity (Wildman–Crippen MR) is 62.4 cm³/mol. The zero-order valence-corrected chi connectivity index (χ0v) is 10.0. The van der Waals surface area contributed by atoms with E-state index < -0.39 is 0 Å². The first-order chi connectivity index (χ1) is 7.01. The minimum Gasteiger partial charge on any atom is -0.497 e. The van der Waals surface area contributed by atoms with E-state index in [1.54, 1.807) is 7.11 Å². The quantitative estimate of drug-likeness (QED) is 0.757. The first kappa shape index (κ1) is 12.1. The van der Waals surface area contributed by atoms with Gasteiger partial charge in [-0.15, -0.1) is 0 Å². The number of rotatable bonds is 4. The second-order valence-corrected chi connectivity index (χ2v) is 4.56. The molecule has 1 rings (SSSR count). The maximum absolute atomic E-state index is 5.67. The molecule has 0 bridgehead atoms. The van der Waals surface area contributed by atoms with Gasteiger partial charge in [0.1, 0.15) is 5.75 Å². The highest BCUT2D eigenvalue weighted by Crippen LogP contribution is 2.14. The molecule has 1 aromatic carbocycles. The van der Waals surface area contributed by atoms with Crippen molar-refractivity contribution in [2.24, 2.45) is 0 Å². The minimum absolute atomic E-state index is 0.0567. The monoisotopic (exact) mass is 208 g/mol. The Labute approximate surface area is 92.2 Å². The summed E-state index contributed by atoms with van der Waals surface area (Å²) in [6.45, 7) is 6.95. The summed E-state index contributed by atoms with van der Waals surface area (Å²) in [7, 11) is 1.69. The van der Waals surface area contributed by atoms with E-state index in [9.17, 15) is 0 Å². The molecule has 15 heavy (non-hydrogen) atoms. The van der Waals surface area contributed by atoms with Gasteiger partial charge in [-0.2, -0.15) is 0 Å². The summed E-state index contributed by atoms with van der Waals surface area (Å²) in [5, 5.41) is 0. The van der Waals surface area contributed by atoms with Gasteiger partial charge in [0, 0.05) is 0 Å². The van der Waals surface area contributed by atoms with E-state index in [4.69, 9.17) is 9.47 Å². The van der Waals surface area contributed by atoms with Gasteiger partial charge in [0.15, 0.2) is 0 Å². The van der Waals surface area contributed by atoms with Gasteiger partial charge < -0.3 is 9.47 Å². The van der Waals surface area contributed by atoms with Gasteiger partial charge in [-0.05, 0) is 44.9 Å². The van der Waals surface area contributed by atoms with Crippen LogP contribution in [-0.2, 0) is 11.2 Å². The van der Waals surface area contributed by atoms with Crippen molar-refractivity contribution in [3.05, 3.63) is 29.8 Å². The summed E-state index contributed by atoms with van der Waals surface area (Å²) in [4.78, 5) is 0. The normalized spacial score (nSPS) is 11.5. The van der Waals surface area contributed by atoms with Crippen molar-refractivity contribution in [2.45, 2.75) is 32.8 Å². The Morgan fingerprint density at radius 3 is 2.53 bits per heavy atom. The number of benzene rings is 1. The summed E-state index contributed by atoms with van der Waals surface area (Å²) in [6.07, 6.45) is 0.925. The van der Waals surface area contributed by atoms with Crippen LogP contribution in [0.3, 0.4) is 0 Å². The Morgan fingerprint density at radius 2 is 1.93 bits per heavy atom. The van der Waals surface area contributed by atoms with Crippen LogP contribution < -0.4 is 4.74 Å². The fourth-order valence-corrected chi connectivity index (χ4v) is 1.30. The van der Waals surface area contributed by atoms with Crippen LogP contribution in [0.15, 0.2) is 24.3 Å². The maximum atomic E-state index is 5.67. The van der Waals surface area contributed by atoms with E-state index in [1.807, 2.05) is 18.2 Å². The number of methoxy groups -OCH3 is 1. The lowest BCUT2D eigenvalue weighted by Gasteiger charge is -2.19. The highest BCUT2D eigenvalue weighted by molar-refractivity contribution is 5.28. The van der Waals surface area contributed by atoms with E-state index in [2.05, 4.69) is 26.8 Å². The predicted octanol–water partition coefficient (Wildman–Crippen LogP) is 3.05. The van der Waals surface area contributed by atoms with Gasteiger partial charge in [-0.3, -0.25) is 0 Å². The van der Waals surface area contributed by atoms with Crippen LogP contribution in [-0.4, -0.2) is 19.3 Å². The zero-order valence-electron chi connectivity index (χ0n) is 10.0. The summed E-state index contributed by atoms with van der Waals surface area (Å²) in [5.41, 5.74) is 1.19. The van der Waals surface area contributed by atoms with Crippen molar-refractivity contribution in [3.8, 4) is 5.75 Å². The summed E-state index contributed by atoms with van der Waals surface area (Å²) >= 11 is 0. The van der Waals surface area contributed by atoms with E-state index in [0.29, 0.717) is 0 Å². The topological polar surface area (TPSA) is 18.5 Å². The average Bonchev–Trinajstić information content (AvgIpc) is 2.16. The van der Waals surface area contributed by atoms with Crippen molar-refractivity contribution < 1.29 is 9.47 Å². The molecule has 84 valence electrons. The molecule has 0 radical (unpaired) electrons. The zero-order chi connectivity index (χ0) is 11.3. The van der Waals surface area contributed by atoms with Crippen LogP contribution in [0.25, 0.3) is 0 Å². The van der Waals surface area contributed by atoms with Crippen LogP contribution in [0.2, 0.25) is 0 Å². The summed E-state index contributed by atoms with van der Waals surface area (Å²) in [5.74, 6) is 0.906. The first-order valence-corrected chi connectivity index (χ1v) is 5.28. The van der Waals surface area contributed by atoms with Gasteiger partial charge in [0.25, 0.3) is 0 Å². The third kappa shape index (κ3) is 4.84. The van der Waals surface area contributed by atoms with Crippen molar-refractivity contribution >= 4 is 0 Å². The third-order valence-corrected chi connectivity index (χ3v) is 2.06. The SMILES string of the molecule is COc1cccc(CCOC(C)(C)C)c1. The van der Waals surface area contributed by atoms with Gasteiger partial charge >= 0.3 is 0 Å². The van der Waals surface area contributed by atoms with E-state index in [1.165, 1.54) is 5.56 Å². The van der Waals surface area contributed by atoms with Crippen molar-refractivity contribution in [1.29, 1.82) is 0 Å². The van der Waals surface area contributed by atoms with Gasteiger partial charge in [-0.1, -0.05) is 12.1 Å². The molecule has 0 fully saturated rings. The molecule has 2 heteroatoms. The molecule has 0 N–H and O–H groups in total. The van der Waals surface area contributed by atoms with Crippen molar-refractivity contribution in [1.82, 2.24) is 0 Å². The Morgan fingerprint density at radius 1 is 1.20 bits per heavy atom. The van der Waals surface area contributed by atoms with E-state index >= 15 is 0 Å². The van der Waals surface area contributed by atoms with Crippen LogP contribution in [0.5, 0.6) is 5.75 Å². The Kier molecular flexibility index (Phi) is 4.15. The molecule has 0 aliphatic carbocycles. The molecule has 0 spiro atoms. The molecular weight excluding hydrogens is 188 g/mol. The summed E-state index contributed by atoms with van der Waals surface area (Å²) in [6, 6.07) is 8.10.